The predicted molar refractivity (Wildman–Crippen MR) is 111 cm³/mol. The van der Waals surface area contributed by atoms with Crippen LogP contribution in [0.5, 0.6) is 5.75 Å². The van der Waals surface area contributed by atoms with Gasteiger partial charge in [-0.05, 0) is 37.3 Å². The number of hydrogen-bond acceptors (Lipinski definition) is 6. The van der Waals surface area contributed by atoms with Gasteiger partial charge in [-0.15, -0.1) is 0 Å². The highest BCUT2D eigenvalue weighted by Crippen LogP contribution is 2.42. The minimum atomic E-state index is -0.395. The highest BCUT2D eigenvalue weighted by atomic mass is 19.1. The lowest BCUT2D eigenvalue weighted by Gasteiger charge is -2.30. The number of hydrogen-bond donors (Lipinski definition) is 1. The third-order valence-electron chi connectivity index (χ3n) is 5.33. The molecular formula is C22H21FN4O3. The van der Waals surface area contributed by atoms with Gasteiger partial charge in [0, 0.05) is 30.2 Å². The zero-order valence-electron chi connectivity index (χ0n) is 16.7. The minimum Gasteiger partial charge on any atom is -0.494 e. The first-order valence-corrected chi connectivity index (χ1v) is 9.76. The molecule has 0 spiro atoms. The summed E-state index contributed by atoms with van der Waals surface area (Å²) >= 11 is 0. The number of H-pyrrole nitrogens is 1. The van der Waals surface area contributed by atoms with Crippen LogP contribution in [0.3, 0.4) is 0 Å². The van der Waals surface area contributed by atoms with Gasteiger partial charge in [0.05, 0.1) is 37.3 Å². The summed E-state index contributed by atoms with van der Waals surface area (Å²) in [5.41, 5.74) is 2.97. The van der Waals surface area contributed by atoms with Crippen LogP contribution >= 0.6 is 0 Å². The van der Waals surface area contributed by atoms with Crippen molar-refractivity contribution in [2.75, 3.05) is 38.3 Å². The van der Waals surface area contributed by atoms with Crippen LogP contribution in [0.25, 0.3) is 33.6 Å². The zero-order valence-corrected chi connectivity index (χ0v) is 16.7. The zero-order chi connectivity index (χ0) is 20.7. The number of morpholine rings is 1. The molecule has 0 radical (unpaired) electrons. The normalized spacial score (nSPS) is 14.4. The summed E-state index contributed by atoms with van der Waals surface area (Å²) in [6.45, 7) is 4.57. The fourth-order valence-corrected chi connectivity index (χ4v) is 3.86. The molecule has 4 aromatic rings. The van der Waals surface area contributed by atoms with Gasteiger partial charge in [0.25, 0.3) is 0 Å². The summed E-state index contributed by atoms with van der Waals surface area (Å²) in [6.07, 6.45) is 1.70. The van der Waals surface area contributed by atoms with Gasteiger partial charge in [-0.2, -0.15) is 5.10 Å². The van der Waals surface area contributed by atoms with E-state index in [1.807, 2.05) is 25.1 Å². The van der Waals surface area contributed by atoms with Crippen molar-refractivity contribution in [3.63, 3.8) is 0 Å². The van der Waals surface area contributed by atoms with Crippen LogP contribution in [0.1, 0.15) is 5.76 Å². The number of fused-ring (bicyclic) bond motifs is 1. The number of halogens is 1. The summed E-state index contributed by atoms with van der Waals surface area (Å²) in [5, 5.41) is 7.92. The summed E-state index contributed by atoms with van der Waals surface area (Å²) in [6, 6.07) is 8.89. The van der Waals surface area contributed by atoms with Crippen LogP contribution in [-0.2, 0) is 4.74 Å². The van der Waals surface area contributed by atoms with E-state index in [0.717, 1.165) is 17.0 Å². The number of ether oxygens (including phenoxy) is 2. The molecule has 0 unspecified atom stereocenters. The number of aromatic nitrogens is 3. The van der Waals surface area contributed by atoms with Gasteiger partial charge in [-0.25, -0.2) is 9.37 Å². The lowest BCUT2D eigenvalue weighted by molar-refractivity contribution is 0.122. The average Bonchev–Trinajstić information content (AvgIpc) is 3.39. The van der Waals surface area contributed by atoms with Gasteiger partial charge in [0.1, 0.15) is 17.3 Å². The molecule has 5 rings (SSSR count). The second kappa shape index (κ2) is 7.46. The van der Waals surface area contributed by atoms with Gasteiger partial charge >= 0.3 is 0 Å². The molecular weight excluding hydrogens is 387 g/mol. The first-order chi connectivity index (χ1) is 14.7. The van der Waals surface area contributed by atoms with Crippen molar-refractivity contribution in [2.45, 2.75) is 6.92 Å². The standard InChI is InChI=1S/C22H21FN4O3/c1-13-3-6-18(30-13)14-11-15-20(25-26-22(15)24-12-14)19-16(23)4-5-17(21(19)28-2)27-7-9-29-10-8-27/h3-6,11-12H,7-10H2,1-2H3,(H,24,25,26). The number of furan rings is 1. The van der Waals surface area contributed by atoms with E-state index < -0.39 is 5.82 Å². The van der Waals surface area contributed by atoms with Crippen LogP contribution in [0.4, 0.5) is 10.1 Å². The molecule has 4 heterocycles. The molecule has 3 aromatic heterocycles. The summed E-state index contributed by atoms with van der Waals surface area (Å²) < 4.78 is 32.0. The first kappa shape index (κ1) is 18.6. The van der Waals surface area contributed by atoms with Crippen LogP contribution in [-0.4, -0.2) is 48.6 Å². The smallest absolute Gasteiger partial charge is 0.181 e. The molecule has 1 aromatic carbocycles. The van der Waals surface area contributed by atoms with E-state index >= 15 is 4.39 Å². The number of rotatable bonds is 4. The van der Waals surface area contributed by atoms with Crippen LogP contribution in [0.15, 0.2) is 40.9 Å². The third kappa shape index (κ3) is 3.09. The molecule has 1 fully saturated rings. The number of nitrogens with one attached hydrogen (secondary N) is 1. The van der Waals surface area contributed by atoms with Gasteiger partial charge in [0.15, 0.2) is 11.4 Å². The highest BCUT2D eigenvalue weighted by molar-refractivity contribution is 5.96. The molecule has 1 N–H and O–H groups in total. The number of aryl methyl sites for hydroxylation is 1. The molecule has 0 atom stereocenters. The molecule has 7 nitrogen and oxygen atoms in total. The molecule has 0 bridgehead atoms. The fourth-order valence-electron chi connectivity index (χ4n) is 3.86. The van der Waals surface area contributed by atoms with Crippen molar-refractivity contribution in [1.29, 1.82) is 0 Å². The number of benzene rings is 1. The molecule has 0 aliphatic carbocycles. The Morgan fingerprint density at radius 1 is 1.17 bits per heavy atom. The Morgan fingerprint density at radius 2 is 2.00 bits per heavy atom. The topological polar surface area (TPSA) is 76.4 Å². The highest BCUT2D eigenvalue weighted by Gasteiger charge is 2.24. The Kier molecular flexibility index (Phi) is 4.63. The van der Waals surface area contributed by atoms with E-state index in [-0.39, 0.29) is 0 Å². The monoisotopic (exact) mass is 408 g/mol. The lowest BCUT2D eigenvalue weighted by atomic mass is 10.0. The summed E-state index contributed by atoms with van der Waals surface area (Å²) in [4.78, 5) is 6.56. The Hall–Kier alpha value is -3.39. The Balaban J connectivity index is 1.67. The lowest BCUT2D eigenvalue weighted by Crippen LogP contribution is -2.36. The molecule has 154 valence electrons. The predicted octanol–water partition coefficient (Wildman–Crippen LogP) is 4.18. The van der Waals surface area contributed by atoms with E-state index in [1.165, 1.54) is 6.07 Å². The first-order valence-electron chi connectivity index (χ1n) is 9.76. The third-order valence-corrected chi connectivity index (χ3v) is 5.33. The average molecular weight is 408 g/mol. The Morgan fingerprint density at radius 3 is 2.73 bits per heavy atom. The van der Waals surface area contributed by atoms with E-state index in [9.17, 15) is 0 Å². The molecule has 30 heavy (non-hydrogen) atoms. The van der Waals surface area contributed by atoms with Crippen molar-refractivity contribution in [2.24, 2.45) is 0 Å². The van der Waals surface area contributed by atoms with Crippen molar-refractivity contribution >= 4 is 16.7 Å². The molecule has 0 amide bonds. The van der Waals surface area contributed by atoms with E-state index in [2.05, 4.69) is 20.1 Å². The summed E-state index contributed by atoms with van der Waals surface area (Å²) in [5.74, 6) is 1.57. The van der Waals surface area contributed by atoms with Crippen LogP contribution in [0, 0.1) is 12.7 Å². The van der Waals surface area contributed by atoms with Crippen molar-refractivity contribution in [3.05, 3.63) is 48.1 Å². The SMILES string of the molecule is COc1c(N2CCOCC2)ccc(F)c1-c1[nH]nc2ncc(-c3ccc(C)o3)cc12. The van der Waals surface area contributed by atoms with Crippen molar-refractivity contribution in [1.82, 2.24) is 15.2 Å². The number of anilines is 1. The molecule has 1 aliphatic heterocycles. The molecule has 1 saturated heterocycles. The number of aromatic amines is 1. The minimum absolute atomic E-state index is 0.332. The molecule has 0 saturated carbocycles. The molecule has 8 heteroatoms. The quantitative estimate of drug-likeness (QED) is 0.546. The van der Waals surface area contributed by atoms with Crippen molar-refractivity contribution in [3.8, 4) is 28.3 Å². The summed E-state index contributed by atoms with van der Waals surface area (Å²) in [7, 11) is 1.55. The van der Waals surface area contributed by atoms with Crippen LogP contribution in [0.2, 0.25) is 0 Å². The maximum Gasteiger partial charge on any atom is 0.181 e. The Bertz CT molecular complexity index is 1210. The second-order valence-corrected chi connectivity index (χ2v) is 7.18. The van der Waals surface area contributed by atoms with E-state index in [4.69, 9.17) is 13.9 Å². The molecule has 1 aliphatic rings. The van der Waals surface area contributed by atoms with E-state index in [0.29, 0.717) is 60.1 Å². The van der Waals surface area contributed by atoms with E-state index in [1.54, 1.807) is 19.4 Å². The number of methoxy groups -OCH3 is 1. The van der Waals surface area contributed by atoms with Gasteiger partial charge in [0.2, 0.25) is 0 Å². The van der Waals surface area contributed by atoms with Gasteiger partial charge in [-0.1, -0.05) is 0 Å². The maximum absolute atomic E-state index is 15.1. The Labute approximate surface area is 172 Å². The largest absolute Gasteiger partial charge is 0.494 e. The van der Waals surface area contributed by atoms with Gasteiger partial charge in [-0.3, -0.25) is 5.10 Å². The van der Waals surface area contributed by atoms with Crippen molar-refractivity contribution < 1.29 is 18.3 Å². The van der Waals surface area contributed by atoms with Crippen LogP contribution < -0.4 is 9.64 Å². The fraction of sp³-hybridized carbons (Fsp3) is 0.273. The second-order valence-electron chi connectivity index (χ2n) is 7.18. The number of pyridine rings is 1. The maximum atomic E-state index is 15.1. The van der Waals surface area contributed by atoms with Gasteiger partial charge < -0.3 is 18.8 Å². The number of nitrogens with zero attached hydrogens (tertiary/aromatic N) is 3.